The number of fused-ring (bicyclic) bond motifs is 3. The first-order chi connectivity index (χ1) is 15.2. The van der Waals surface area contributed by atoms with E-state index in [0.717, 1.165) is 22.0 Å². The fourth-order valence-corrected chi connectivity index (χ4v) is 4.08. The predicted octanol–water partition coefficient (Wildman–Crippen LogP) is 1.58. The molecule has 4 aromatic rings. The molecule has 0 spiro atoms. The molecule has 0 atom stereocenters. The summed E-state index contributed by atoms with van der Waals surface area (Å²) in [5.41, 5.74) is 3.65. The van der Waals surface area contributed by atoms with Crippen molar-refractivity contribution in [2.45, 2.75) is 31.2 Å². The van der Waals surface area contributed by atoms with Crippen LogP contribution in [-0.4, -0.2) is 35.4 Å². The number of nitrogens with zero attached hydrogens (tertiary/aromatic N) is 2. The zero-order valence-corrected chi connectivity index (χ0v) is 18.3. The van der Waals surface area contributed by atoms with Crippen LogP contribution in [0.5, 0.6) is 0 Å². The number of carbonyl (C=O) groups is 1. The summed E-state index contributed by atoms with van der Waals surface area (Å²) in [6.07, 6.45) is 2.15. The number of rotatable bonds is 7. The number of H-pyrrole nitrogens is 1. The number of amides is 1. The van der Waals surface area contributed by atoms with Crippen LogP contribution in [0.3, 0.4) is 0 Å². The Hall–Kier alpha value is -3.50. The van der Waals surface area contributed by atoms with Gasteiger partial charge in [0.15, 0.2) is 0 Å². The van der Waals surface area contributed by atoms with Gasteiger partial charge in [0, 0.05) is 30.4 Å². The molecule has 2 aromatic heterocycles. The molecule has 4 N–H and O–H groups in total. The number of hydrogen-bond donors (Lipinski definition) is 3. The van der Waals surface area contributed by atoms with E-state index in [4.69, 9.17) is 5.14 Å². The minimum absolute atomic E-state index is 0.0476. The Kier molecular flexibility index (Phi) is 5.81. The molecule has 4 rings (SSSR count). The first-order valence-electron chi connectivity index (χ1n) is 10.1. The number of benzene rings is 2. The average Bonchev–Trinajstić information content (AvgIpc) is 3.12. The highest BCUT2D eigenvalue weighted by molar-refractivity contribution is 7.89. The van der Waals surface area contributed by atoms with Crippen molar-refractivity contribution in [3.8, 4) is 0 Å². The van der Waals surface area contributed by atoms with E-state index >= 15 is 0 Å². The van der Waals surface area contributed by atoms with Crippen LogP contribution >= 0.6 is 0 Å². The molecule has 0 aliphatic carbocycles. The van der Waals surface area contributed by atoms with Gasteiger partial charge in [-0.25, -0.2) is 18.5 Å². The van der Waals surface area contributed by atoms with Gasteiger partial charge in [-0.15, -0.1) is 0 Å². The van der Waals surface area contributed by atoms with Crippen LogP contribution in [0.2, 0.25) is 0 Å². The summed E-state index contributed by atoms with van der Waals surface area (Å²) < 4.78 is 24.0. The maximum Gasteiger partial charge on any atom is 0.277 e. The molecule has 10 heteroatoms. The number of sulfonamides is 1. The summed E-state index contributed by atoms with van der Waals surface area (Å²) in [7, 11) is -3.72. The molecular weight excluding hydrogens is 430 g/mol. The molecule has 9 nitrogen and oxygen atoms in total. The standard InChI is InChI=1S/C22H23N5O4S/c1-14-2-7-18-17(12-14)20-21(26-18)22(29)27(13-25-20)11-9-19(28)24-10-8-15-3-5-16(6-4-15)32(23,30)31/h2-7,12-13,26H,8-11H2,1H3,(H,24,28)(H2,23,30,31). The molecule has 0 saturated heterocycles. The summed E-state index contributed by atoms with van der Waals surface area (Å²) in [5, 5.41) is 8.79. The SMILES string of the molecule is Cc1ccc2[nH]c3c(=O)n(CCC(=O)NCCc4ccc(S(N)(=O)=O)cc4)cnc3c2c1. The normalized spacial score (nSPS) is 11.8. The fraction of sp³-hybridized carbons (Fsp3) is 0.227. The molecule has 166 valence electrons. The maximum absolute atomic E-state index is 12.8. The zero-order valence-electron chi connectivity index (χ0n) is 17.5. The van der Waals surface area contributed by atoms with Crippen molar-refractivity contribution in [3.63, 3.8) is 0 Å². The monoisotopic (exact) mass is 453 g/mol. The number of nitrogens with two attached hydrogens (primary N) is 1. The Labute approximate surface area is 184 Å². The van der Waals surface area contributed by atoms with E-state index in [2.05, 4.69) is 15.3 Å². The lowest BCUT2D eigenvalue weighted by Crippen LogP contribution is -2.29. The molecule has 2 heterocycles. The average molecular weight is 454 g/mol. The van der Waals surface area contributed by atoms with Crippen molar-refractivity contribution in [1.29, 1.82) is 0 Å². The number of aryl methyl sites for hydroxylation is 2. The summed E-state index contributed by atoms with van der Waals surface area (Å²) >= 11 is 0. The van der Waals surface area contributed by atoms with Gasteiger partial charge in [0.25, 0.3) is 5.56 Å². The Balaban J connectivity index is 1.35. The minimum Gasteiger partial charge on any atom is -0.356 e. The number of aromatic amines is 1. The molecule has 0 aliphatic rings. The number of hydrogen-bond acceptors (Lipinski definition) is 5. The molecule has 0 saturated carbocycles. The van der Waals surface area contributed by atoms with Crippen LogP contribution in [0.1, 0.15) is 17.5 Å². The Morgan fingerprint density at radius 3 is 2.66 bits per heavy atom. The van der Waals surface area contributed by atoms with Gasteiger partial charge in [-0.2, -0.15) is 0 Å². The molecule has 0 aliphatic heterocycles. The number of aromatic nitrogens is 3. The third kappa shape index (κ3) is 4.56. The largest absolute Gasteiger partial charge is 0.356 e. The Morgan fingerprint density at radius 2 is 1.94 bits per heavy atom. The summed E-state index contributed by atoms with van der Waals surface area (Å²) in [6, 6.07) is 12.1. The van der Waals surface area contributed by atoms with Crippen LogP contribution < -0.4 is 16.0 Å². The molecule has 0 fully saturated rings. The van der Waals surface area contributed by atoms with E-state index in [1.165, 1.54) is 23.0 Å². The van der Waals surface area contributed by atoms with Crippen LogP contribution in [0, 0.1) is 6.92 Å². The van der Waals surface area contributed by atoms with E-state index in [1.807, 2.05) is 25.1 Å². The minimum atomic E-state index is -3.72. The van der Waals surface area contributed by atoms with E-state index in [0.29, 0.717) is 24.0 Å². The smallest absolute Gasteiger partial charge is 0.277 e. The van der Waals surface area contributed by atoms with Gasteiger partial charge in [-0.3, -0.25) is 14.2 Å². The van der Waals surface area contributed by atoms with Crippen molar-refractivity contribution in [2.24, 2.45) is 5.14 Å². The maximum atomic E-state index is 12.8. The van der Waals surface area contributed by atoms with Crippen molar-refractivity contribution in [2.75, 3.05) is 6.54 Å². The highest BCUT2D eigenvalue weighted by Crippen LogP contribution is 2.22. The molecule has 0 radical (unpaired) electrons. The molecule has 1 amide bonds. The topological polar surface area (TPSA) is 140 Å². The molecule has 2 aromatic carbocycles. The lowest BCUT2D eigenvalue weighted by molar-refractivity contribution is -0.121. The zero-order chi connectivity index (χ0) is 22.9. The van der Waals surface area contributed by atoms with Crippen molar-refractivity contribution in [3.05, 3.63) is 70.3 Å². The van der Waals surface area contributed by atoms with Crippen LogP contribution in [0.4, 0.5) is 0 Å². The van der Waals surface area contributed by atoms with Gasteiger partial charge in [-0.05, 0) is 43.2 Å². The third-order valence-corrected chi connectivity index (χ3v) is 6.22. The quantitative estimate of drug-likeness (QED) is 0.390. The number of carbonyl (C=O) groups excluding carboxylic acids is 1. The van der Waals surface area contributed by atoms with E-state index in [-0.39, 0.29) is 29.3 Å². The summed E-state index contributed by atoms with van der Waals surface area (Å²) in [6.45, 7) is 2.59. The lowest BCUT2D eigenvalue weighted by atomic mass is 10.1. The van der Waals surface area contributed by atoms with E-state index in [1.54, 1.807) is 12.1 Å². The first kappa shape index (κ1) is 21.7. The van der Waals surface area contributed by atoms with Gasteiger partial charge < -0.3 is 10.3 Å². The third-order valence-electron chi connectivity index (χ3n) is 5.30. The Morgan fingerprint density at radius 1 is 1.19 bits per heavy atom. The van der Waals surface area contributed by atoms with Crippen LogP contribution in [0.15, 0.2) is 58.5 Å². The summed E-state index contributed by atoms with van der Waals surface area (Å²) in [5.74, 6) is -0.189. The highest BCUT2D eigenvalue weighted by Gasteiger charge is 2.12. The van der Waals surface area contributed by atoms with Gasteiger partial charge in [0.2, 0.25) is 15.9 Å². The van der Waals surface area contributed by atoms with Crippen LogP contribution in [0.25, 0.3) is 21.9 Å². The second-order valence-corrected chi connectivity index (χ2v) is 9.24. The number of nitrogens with one attached hydrogen (secondary N) is 2. The second-order valence-electron chi connectivity index (χ2n) is 7.68. The Bertz CT molecular complexity index is 1470. The molecule has 32 heavy (non-hydrogen) atoms. The fourth-order valence-electron chi connectivity index (χ4n) is 3.57. The molecular formula is C22H23N5O4S. The van der Waals surface area contributed by atoms with E-state index in [9.17, 15) is 18.0 Å². The van der Waals surface area contributed by atoms with Gasteiger partial charge in [-0.1, -0.05) is 23.8 Å². The highest BCUT2D eigenvalue weighted by atomic mass is 32.2. The summed E-state index contributed by atoms with van der Waals surface area (Å²) in [4.78, 5) is 32.6. The van der Waals surface area contributed by atoms with Gasteiger partial charge >= 0.3 is 0 Å². The second kappa shape index (κ2) is 8.56. The van der Waals surface area contributed by atoms with Crippen LogP contribution in [-0.2, 0) is 27.8 Å². The molecule has 0 bridgehead atoms. The van der Waals surface area contributed by atoms with Gasteiger partial charge in [0.05, 0.1) is 11.2 Å². The predicted molar refractivity (Wildman–Crippen MR) is 122 cm³/mol. The lowest BCUT2D eigenvalue weighted by Gasteiger charge is -2.07. The van der Waals surface area contributed by atoms with Crippen molar-refractivity contribution in [1.82, 2.24) is 19.9 Å². The molecule has 0 unspecified atom stereocenters. The van der Waals surface area contributed by atoms with Crippen molar-refractivity contribution >= 4 is 37.9 Å². The first-order valence-corrected chi connectivity index (χ1v) is 11.6. The van der Waals surface area contributed by atoms with Gasteiger partial charge in [0.1, 0.15) is 11.0 Å². The number of primary sulfonamides is 1. The van der Waals surface area contributed by atoms with Crippen molar-refractivity contribution < 1.29 is 13.2 Å². The van der Waals surface area contributed by atoms with E-state index < -0.39 is 10.0 Å².